The molecule has 0 radical (unpaired) electrons. The zero-order valence-corrected chi connectivity index (χ0v) is 12.7. The van der Waals surface area contributed by atoms with Gasteiger partial charge in [0.25, 0.3) is 0 Å². The summed E-state index contributed by atoms with van der Waals surface area (Å²) in [5, 5.41) is 0. The summed E-state index contributed by atoms with van der Waals surface area (Å²) in [5.41, 5.74) is -6.24. The molecule has 0 aliphatic heterocycles. The Balaban J connectivity index is 2.77. The third-order valence-corrected chi connectivity index (χ3v) is 3.22. The van der Waals surface area contributed by atoms with Crippen molar-refractivity contribution in [1.29, 1.82) is 0 Å². The van der Waals surface area contributed by atoms with E-state index in [1.165, 1.54) is 0 Å². The van der Waals surface area contributed by atoms with Gasteiger partial charge in [0.1, 0.15) is 11.1 Å². The molecule has 0 atom stereocenters. The molecule has 15 heteroatoms. The number of hydrogen-bond donors (Lipinski definition) is 0. The molecule has 0 aliphatic carbocycles. The van der Waals surface area contributed by atoms with Crippen molar-refractivity contribution in [3.8, 4) is 11.5 Å². The third kappa shape index (κ3) is 3.64. The molecule has 29 heavy (non-hydrogen) atoms. The van der Waals surface area contributed by atoms with Crippen molar-refractivity contribution in [1.82, 2.24) is 0 Å². The zero-order chi connectivity index (χ0) is 22.6. The molecule has 2 aromatic rings. The fourth-order valence-electron chi connectivity index (χ4n) is 2.00. The first-order chi connectivity index (χ1) is 13.0. The zero-order valence-electron chi connectivity index (χ0n) is 12.7. The molecule has 0 heterocycles. The fourth-order valence-corrected chi connectivity index (χ4v) is 2.00. The average molecular weight is 450 g/mol. The van der Waals surface area contributed by atoms with E-state index < -0.39 is 81.5 Å². The smallest absolute Gasteiger partial charge is 0.422 e. The largest absolute Gasteiger partial charge is 0.444 e. The summed E-state index contributed by atoms with van der Waals surface area (Å²) in [6.07, 6.45) is -12.0. The first-order valence-electron chi connectivity index (χ1n) is 6.55. The predicted octanol–water partition coefficient (Wildman–Crippen LogP) is 6.63. The van der Waals surface area contributed by atoms with Crippen molar-refractivity contribution in [3.63, 3.8) is 0 Å². The molecule has 0 aromatic heterocycles. The summed E-state index contributed by atoms with van der Waals surface area (Å²) >= 11 is 0. The molecule has 2 aromatic carbocycles. The van der Waals surface area contributed by atoms with E-state index in [-0.39, 0.29) is 0 Å². The number of alkyl halides is 6. The Bertz CT molecular complexity index is 850. The van der Waals surface area contributed by atoms with Crippen LogP contribution < -0.4 is 4.74 Å². The first kappa shape index (κ1) is 22.5. The lowest BCUT2D eigenvalue weighted by molar-refractivity contribution is -0.144. The number of rotatable bonds is 2. The van der Waals surface area contributed by atoms with Gasteiger partial charge in [0.05, 0.1) is 0 Å². The molecule has 0 unspecified atom stereocenters. The van der Waals surface area contributed by atoms with Crippen LogP contribution in [0.15, 0.2) is 0 Å². The highest BCUT2D eigenvalue weighted by Crippen LogP contribution is 2.44. The van der Waals surface area contributed by atoms with Gasteiger partial charge >= 0.3 is 12.4 Å². The number of benzene rings is 2. The normalized spacial score (nSPS) is 12.5. The molecule has 0 amide bonds. The van der Waals surface area contributed by atoms with Gasteiger partial charge in [0, 0.05) is 0 Å². The van der Waals surface area contributed by atoms with Crippen molar-refractivity contribution in [2.75, 3.05) is 0 Å². The Morgan fingerprint density at radius 2 is 0.586 bits per heavy atom. The van der Waals surface area contributed by atoms with Crippen LogP contribution in [0.3, 0.4) is 0 Å². The topological polar surface area (TPSA) is 9.23 Å². The highest BCUT2D eigenvalue weighted by Gasteiger charge is 2.45. The van der Waals surface area contributed by atoms with Gasteiger partial charge in [-0.05, 0) is 0 Å². The SMILES string of the molecule is Fc1c(F)c(C(F)(F)F)c(F)c(F)c1Oc1c(F)c(F)c(C(F)(F)F)c(F)c1F. The number of ether oxygens (including phenoxy) is 1. The van der Waals surface area contributed by atoms with Gasteiger partial charge in [-0.2, -0.15) is 43.9 Å². The Kier molecular flexibility index (Phi) is 5.40. The highest BCUT2D eigenvalue weighted by atomic mass is 19.4. The minimum Gasteiger partial charge on any atom is -0.444 e. The standard InChI is InChI=1S/C14F14O/c15-3-1(13(23,24)25)4(16)8(20)11(7(3)19)29-12-9(21)5(17)2(14(26,27)28)6(18)10(12)22. The average Bonchev–Trinajstić information content (AvgIpc) is 2.55. The second-order valence-corrected chi connectivity index (χ2v) is 5.02. The van der Waals surface area contributed by atoms with Gasteiger partial charge in [-0.1, -0.05) is 0 Å². The summed E-state index contributed by atoms with van der Waals surface area (Å²) in [5.74, 6) is -30.1. The van der Waals surface area contributed by atoms with Gasteiger partial charge in [0.15, 0.2) is 23.3 Å². The molecular formula is C14F14O. The molecule has 0 aliphatic rings. The maximum Gasteiger partial charge on any atom is 0.422 e. The van der Waals surface area contributed by atoms with E-state index in [1.54, 1.807) is 0 Å². The van der Waals surface area contributed by atoms with E-state index in [2.05, 4.69) is 4.74 Å². The van der Waals surface area contributed by atoms with Gasteiger partial charge in [0.2, 0.25) is 34.8 Å². The Hall–Kier alpha value is -2.74. The van der Waals surface area contributed by atoms with Crippen LogP contribution in [0.1, 0.15) is 11.1 Å². The molecule has 0 saturated heterocycles. The molecule has 0 bridgehead atoms. The summed E-state index contributed by atoms with van der Waals surface area (Å²) in [6, 6.07) is 0. The number of hydrogen-bond acceptors (Lipinski definition) is 1. The van der Waals surface area contributed by atoms with Crippen molar-refractivity contribution < 1.29 is 66.2 Å². The molecular weight excluding hydrogens is 450 g/mol. The van der Waals surface area contributed by atoms with E-state index in [0.717, 1.165) is 0 Å². The Labute approximate surface area is 149 Å². The van der Waals surface area contributed by atoms with Crippen molar-refractivity contribution in [3.05, 3.63) is 57.7 Å². The molecule has 2 rings (SSSR count). The van der Waals surface area contributed by atoms with Crippen LogP contribution in [-0.4, -0.2) is 0 Å². The van der Waals surface area contributed by atoms with Crippen LogP contribution >= 0.6 is 0 Å². The van der Waals surface area contributed by atoms with Crippen LogP contribution in [-0.2, 0) is 12.4 Å². The molecule has 1 nitrogen and oxygen atoms in total. The minimum absolute atomic E-state index is 2.65. The van der Waals surface area contributed by atoms with Gasteiger partial charge in [-0.3, -0.25) is 0 Å². The van der Waals surface area contributed by atoms with Gasteiger partial charge in [-0.25, -0.2) is 17.6 Å². The summed E-state index contributed by atoms with van der Waals surface area (Å²) < 4.78 is 186. The van der Waals surface area contributed by atoms with Crippen molar-refractivity contribution in [2.45, 2.75) is 12.4 Å². The second kappa shape index (κ2) is 6.95. The van der Waals surface area contributed by atoms with Gasteiger partial charge in [-0.15, -0.1) is 0 Å². The van der Waals surface area contributed by atoms with Crippen LogP contribution in [0.5, 0.6) is 11.5 Å². The molecule has 0 N–H and O–H groups in total. The monoisotopic (exact) mass is 450 g/mol. The summed E-state index contributed by atoms with van der Waals surface area (Å²) in [7, 11) is 0. The lowest BCUT2D eigenvalue weighted by atomic mass is 10.1. The third-order valence-electron chi connectivity index (χ3n) is 3.22. The van der Waals surface area contributed by atoms with Gasteiger partial charge < -0.3 is 4.74 Å². The van der Waals surface area contributed by atoms with E-state index in [9.17, 15) is 61.5 Å². The first-order valence-corrected chi connectivity index (χ1v) is 6.55. The maximum absolute atomic E-state index is 13.6. The Morgan fingerprint density at radius 1 is 0.379 bits per heavy atom. The molecule has 0 fully saturated rings. The fraction of sp³-hybridized carbons (Fsp3) is 0.143. The van der Waals surface area contributed by atoms with E-state index >= 15 is 0 Å². The van der Waals surface area contributed by atoms with Crippen molar-refractivity contribution in [2.24, 2.45) is 0 Å². The van der Waals surface area contributed by atoms with Crippen LogP contribution in [0.25, 0.3) is 0 Å². The van der Waals surface area contributed by atoms with E-state index in [0.29, 0.717) is 0 Å². The summed E-state index contributed by atoms with van der Waals surface area (Å²) in [6.45, 7) is 0. The van der Waals surface area contributed by atoms with Crippen LogP contribution in [0.4, 0.5) is 61.5 Å². The van der Waals surface area contributed by atoms with E-state index in [1.807, 2.05) is 0 Å². The molecule has 0 saturated carbocycles. The van der Waals surface area contributed by atoms with Crippen LogP contribution in [0, 0.1) is 46.5 Å². The summed E-state index contributed by atoms with van der Waals surface area (Å²) in [4.78, 5) is 0. The quantitative estimate of drug-likeness (QED) is 0.369. The lowest BCUT2D eigenvalue weighted by Gasteiger charge is -2.17. The van der Waals surface area contributed by atoms with E-state index in [4.69, 9.17) is 0 Å². The second-order valence-electron chi connectivity index (χ2n) is 5.02. The van der Waals surface area contributed by atoms with Crippen LogP contribution in [0.2, 0.25) is 0 Å². The Morgan fingerprint density at radius 3 is 0.759 bits per heavy atom. The minimum atomic E-state index is -6.00. The predicted molar refractivity (Wildman–Crippen MR) is 62.6 cm³/mol. The number of halogens is 14. The molecule has 0 spiro atoms. The van der Waals surface area contributed by atoms with Crippen molar-refractivity contribution >= 4 is 0 Å². The maximum atomic E-state index is 13.6. The lowest BCUT2D eigenvalue weighted by Crippen LogP contribution is -2.17. The highest BCUT2D eigenvalue weighted by molar-refractivity contribution is 5.42. The molecule has 160 valence electrons.